The fraction of sp³-hybridized carbons (Fsp3) is 0. The van der Waals surface area contributed by atoms with Crippen molar-refractivity contribution in [1.29, 1.82) is 0 Å². The molecule has 0 radical (unpaired) electrons. The summed E-state index contributed by atoms with van der Waals surface area (Å²) in [5.74, 6) is 0.156. The number of anilines is 1. The summed E-state index contributed by atoms with van der Waals surface area (Å²) in [5.41, 5.74) is 7.06. The summed E-state index contributed by atoms with van der Waals surface area (Å²) in [6.45, 7) is 0. The number of aromatic amines is 1. The second-order valence-electron chi connectivity index (χ2n) is 4.79. The number of nitrogen functional groups attached to an aromatic ring is 1. The normalized spacial score (nSPS) is 11.1. The molecule has 0 fully saturated rings. The monoisotopic (exact) mass is 291 g/mol. The molecule has 0 aliphatic carbocycles. The quantitative estimate of drug-likeness (QED) is 0.440. The number of ketones is 1. The summed E-state index contributed by atoms with van der Waals surface area (Å²) in [6, 6.07) is 13.7. The van der Waals surface area contributed by atoms with E-state index in [1.54, 1.807) is 42.5 Å². The lowest BCUT2D eigenvalue weighted by Gasteiger charge is -1.99. The van der Waals surface area contributed by atoms with Crippen LogP contribution in [0.3, 0.4) is 0 Å². The van der Waals surface area contributed by atoms with Crippen LogP contribution in [0.2, 0.25) is 0 Å². The van der Waals surface area contributed by atoms with Crippen molar-refractivity contribution in [3.05, 3.63) is 76.3 Å². The predicted molar refractivity (Wildman–Crippen MR) is 86.6 cm³/mol. The molecular weight excluding hydrogens is 278 g/mol. The van der Waals surface area contributed by atoms with Gasteiger partial charge in [-0.15, -0.1) is 0 Å². The molecule has 5 nitrogen and oxygen atoms in total. The minimum atomic E-state index is -0.231. The summed E-state index contributed by atoms with van der Waals surface area (Å²) >= 11 is 0. The second kappa shape index (κ2) is 5.65. The first-order chi connectivity index (χ1) is 10.6. The average Bonchev–Trinajstić information content (AvgIpc) is 2.53. The molecule has 3 N–H and O–H groups in total. The number of nitrogens with zero attached hydrogens (tertiary/aromatic N) is 1. The summed E-state index contributed by atoms with van der Waals surface area (Å²) in [5, 5.41) is 0.518. The Morgan fingerprint density at radius 3 is 2.59 bits per heavy atom. The number of nitrogens with two attached hydrogens (primary N) is 1. The topological polar surface area (TPSA) is 88.8 Å². The van der Waals surface area contributed by atoms with Crippen LogP contribution in [0.15, 0.2) is 59.4 Å². The van der Waals surface area contributed by atoms with Crippen LogP contribution >= 0.6 is 0 Å². The van der Waals surface area contributed by atoms with Crippen molar-refractivity contribution in [2.75, 3.05) is 5.73 Å². The molecule has 0 spiro atoms. The highest BCUT2D eigenvalue weighted by Crippen LogP contribution is 2.09. The van der Waals surface area contributed by atoms with Gasteiger partial charge >= 0.3 is 0 Å². The number of aromatic nitrogens is 2. The molecule has 0 aliphatic heterocycles. The van der Waals surface area contributed by atoms with Gasteiger partial charge in [0.05, 0.1) is 10.9 Å². The maximum Gasteiger partial charge on any atom is 0.259 e. The van der Waals surface area contributed by atoms with Gasteiger partial charge in [0, 0.05) is 11.3 Å². The SMILES string of the molecule is Nc1ccc(C(=O)/C=C/c2nc3ccccc3c(=O)[nH]2)cc1. The molecule has 0 amide bonds. The lowest BCUT2D eigenvalue weighted by atomic mass is 10.1. The summed E-state index contributed by atoms with van der Waals surface area (Å²) in [7, 11) is 0. The first kappa shape index (κ1) is 13.8. The number of allylic oxidation sites excluding steroid dienone is 1. The van der Waals surface area contributed by atoms with Crippen LogP contribution in [-0.4, -0.2) is 15.8 Å². The molecule has 0 unspecified atom stereocenters. The molecule has 3 aromatic rings. The molecule has 5 heteroatoms. The first-order valence-corrected chi connectivity index (χ1v) is 6.70. The number of carbonyl (C=O) groups excluding carboxylic acids is 1. The van der Waals surface area contributed by atoms with E-state index in [9.17, 15) is 9.59 Å². The molecule has 0 saturated heterocycles. The van der Waals surface area contributed by atoms with Crippen molar-refractivity contribution >= 4 is 28.4 Å². The third-order valence-corrected chi connectivity index (χ3v) is 3.22. The Morgan fingerprint density at radius 2 is 1.82 bits per heavy atom. The minimum Gasteiger partial charge on any atom is -0.399 e. The van der Waals surface area contributed by atoms with Crippen LogP contribution in [-0.2, 0) is 0 Å². The number of para-hydroxylation sites is 1. The molecule has 0 saturated carbocycles. The molecule has 22 heavy (non-hydrogen) atoms. The molecule has 0 atom stereocenters. The van der Waals surface area contributed by atoms with E-state index in [0.29, 0.717) is 28.0 Å². The molecule has 108 valence electrons. The zero-order valence-corrected chi connectivity index (χ0v) is 11.6. The van der Waals surface area contributed by atoms with E-state index >= 15 is 0 Å². The number of rotatable bonds is 3. The number of fused-ring (bicyclic) bond motifs is 1. The first-order valence-electron chi connectivity index (χ1n) is 6.70. The smallest absolute Gasteiger partial charge is 0.259 e. The van der Waals surface area contributed by atoms with Crippen molar-refractivity contribution < 1.29 is 4.79 Å². The van der Waals surface area contributed by atoms with Crippen LogP contribution in [0.5, 0.6) is 0 Å². The third kappa shape index (κ3) is 2.78. The zero-order chi connectivity index (χ0) is 15.5. The van der Waals surface area contributed by atoms with Crippen LogP contribution in [0, 0.1) is 0 Å². The van der Waals surface area contributed by atoms with E-state index in [-0.39, 0.29) is 11.3 Å². The van der Waals surface area contributed by atoms with Gasteiger partial charge in [0.25, 0.3) is 5.56 Å². The zero-order valence-electron chi connectivity index (χ0n) is 11.6. The number of nitrogens with one attached hydrogen (secondary N) is 1. The van der Waals surface area contributed by atoms with Crippen LogP contribution in [0.1, 0.15) is 16.2 Å². The molecule has 2 aromatic carbocycles. The van der Waals surface area contributed by atoms with Crippen LogP contribution < -0.4 is 11.3 Å². The van der Waals surface area contributed by atoms with Crippen molar-refractivity contribution in [2.45, 2.75) is 0 Å². The van der Waals surface area contributed by atoms with Crippen LogP contribution in [0.25, 0.3) is 17.0 Å². The summed E-state index contributed by atoms with van der Waals surface area (Å²) in [4.78, 5) is 30.9. The highest BCUT2D eigenvalue weighted by atomic mass is 16.1. The second-order valence-corrected chi connectivity index (χ2v) is 4.79. The van der Waals surface area contributed by atoms with Gasteiger partial charge in [0.15, 0.2) is 5.78 Å². The molecule has 3 rings (SSSR count). The number of carbonyl (C=O) groups is 1. The highest BCUT2D eigenvalue weighted by molar-refractivity contribution is 6.06. The Morgan fingerprint density at radius 1 is 1.09 bits per heavy atom. The van der Waals surface area contributed by atoms with Gasteiger partial charge < -0.3 is 10.7 Å². The van der Waals surface area contributed by atoms with Gasteiger partial charge in [0.2, 0.25) is 0 Å². The van der Waals surface area contributed by atoms with Crippen molar-refractivity contribution in [3.63, 3.8) is 0 Å². The van der Waals surface area contributed by atoms with Crippen LogP contribution in [0.4, 0.5) is 5.69 Å². The van der Waals surface area contributed by atoms with Crippen molar-refractivity contribution in [3.8, 4) is 0 Å². The van der Waals surface area contributed by atoms with Gasteiger partial charge in [-0.3, -0.25) is 9.59 Å². The minimum absolute atomic E-state index is 0.184. The lowest BCUT2D eigenvalue weighted by molar-refractivity contribution is 0.104. The van der Waals surface area contributed by atoms with E-state index in [0.717, 1.165) is 0 Å². The Balaban J connectivity index is 1.90. The largest absolute Gasteiger partial charge is 0.399 e. The van der Waals surface area contributed by atoms with Gasteiger partial charge in [0.1, 0.15) is 5.82 Å². The van der Waals surface area contributed by atoms with Gasteiger partial charge in [-0.25, -0.2) is 4.98 Å². The number of hydrogen-bond donors (Lipinski definition) is 2. The highest BCUT2D eigenvalue weighted by Gasteiger charge is 2.03. The van der Waals surface area contributed by atoms with Crippen molar-refractivity contribution in [2.24, 2.45) is 0 Å². The molecule has 0 aliphatic rings. The maximum atomic E-state index is 12.0. The molecule has 1 aromatic heterocycles. The Kier molecular flexibility index (Phi) is 3.53. The summed E-state index contributed by atoms with van der Waals surface area (Å²) in [6.07, 6.45) is 2.87. The fourth-order valence-corrected chi connectivity index (χ4v) is 2.08. The number of H-pyrrole nitrogens is 1. The van der Waals surface area contributed by atoms with E-state index in [1.807, 2.05) is 6.07 Å². The van der Waals surface area contributed by atoms with E-state index in [1.165, 1.54) is 12.2 Å². The molecule has 1 heterocycles. The number of benzene rings is 2. The fourth-order valence-electron chi connectivity index (χ4n) is 2.08. The van der Waals surface area contributed by atoms with E-state index < -0.39 is 0 Å². The average molecular weight is 291 g/mol. The van der Waals surface area contributed by atoms with Gasteiger partial charge in [-0.05, 0) is 48.6 Å². The Bertz CT molecular complexity index is 925. The Hall–Kier alpha value is -3.21. The lowest BCUT2D eigenvalue weighted by Crippen LogP contribution is -2.09. The standard InChI is InChI=1S/C17H13N3O2/c18-12-7-5-11(6-8-12)15(21)9-10-16-19-14-4-2-1-3-13(14)17(22)20-16/h1-10H,18H2,(H,19,20,22)/b10-9+. The third-order valence-electron chi connectivity index (χ3n) is 3.22. The number of hydrogen-bond acceptors (Lipinski definition) is 4. The Labute approximate surface area is 126 Å². The predicted octanol–water partition coefficient (Wildman–Crippen LogP) is 2.40. The van der Waals surface area contributed by atoms with Gasteiger partial charge in [-0.1, -0.05) is 12.1 Å². The van der Waals surface area contributed by atoms with E-state index in [4.69, 9.17) is 5.73 Å². The maximum absolute atomic E-state index is 12.0. The van der Waals surface area contributed by atoms with Crippen molar-refractivity contribution in [1.82, 2.24) is 9.97 Å². The molecule has 0 bridgehead atoms. The molecular formula is C17H13N3O2. The van der Waals surface area contributed by atoms with Gasteiger partial charge in [-0.2, -0.15) is 0 Å². The summed E-state index contributed by atoms with van der Waals surface area (Å²) < 4.78 is 0. The van der Waals surface area contributed by atoms with E-state index in [2.05, 4.69) is 9.97 Å².